The van der Waals surface area contributed by atoms with Gasteiger partial charge < -0.3 is 36.0 Å². The van der Waals surface area contributed by atoms with Crippen molar-refractivity contribution in [3.05, 3.63) is 33.5 Å². The number of fused-ring (bicyclic) bond motifs is 1. The number of nitrogens with two attached hydrogens (primary N) is 2. The van der Waals surface area contributed by atoms with Crippen LogP contribution < -0.4 is 22.7 Å². The van der Waals surface area contributed by atoms with Gasteiger partial charge in [-0.05, 0) is 0 Å². The molecule has 2 aliphatic heterocycles. The SMILES string of the molecule is Nc1ncn([C@H]2CC(OP(=O)(O)OC[C@H]3O[C@@H](n4cnc5c(=O)[nH]c(N)nc54)C[C@H]3O)[C@@H](CO)O2)c(=O)n1. The van der Waals surface area contributed by atoms with Crippen LogP contribution >= 0.6 is 7.82 Å². The summed E-state index contributed by atoms with van der Waals surface area (Å²) in [7, 11) is -4.76. The minimum absolute atomic E-state index is 0.0218. The third-order valence-corrected chi connectivity index (χ3v) is 7.06. The summed E-state index contributed by atoms with van der Waals surface area (Å²) in [5, 5.41) is 20.1. The van der Waals surface area contributed by atoms with Gasteiger partial charge in [0.15, 0.2) is 11.2 Å². The number of rotatable bonds is 8. The van der Waals surface area contributed by atoms with Gasteiger partial charge in [-0.1, -0.05) is 0 Å². The topological polar surface area (TPSA) is 278 Å². The highest BCUT2D eigenvalue weighted by Gasteiger charge is 2.43. The van der Waals surface area contributed by atoms with E-state index in [1.165, 1.54) is 10.9 Å². The molecule has 8 N–H and O–H groups in total. The maximum Gasteiger partial charge on any atom is 0.472 e. The number of aromatic nitrogens is 7. The number of nitrogens with zero attached hydrogens (tertiary/aromatic N) is 6. The smallest absolute Gasteiger partial charge is 0.394 e. The second kappa shape index (κ2) is 10.1. The number of phosphoric ester groups is 1. The van der Waals surface area contributed by atoms with Gasteiger partial charge in [0, 0.05) is 12.8 Å². The molecule has 3 aromatic heterocycles. The maximum absolute atomic E-state index is 12.7. The van der Waals surface area contributed by atoms with E-state index in [-0.39, 0.29) is 35.9 Å². The van der Waals surface area contributed by atoms with Crippen molar-refractivity contribution in [1.82, 2.24) is 34.1 Å². The lowest BCUT2D eigenvalue weighted by Gasteiger charge is -2.21. The van der Waals surface area contributed by atoms with E-state index in [9.17, 15) is 29.3 Å². The first-order valence-corrected chi connectivity index (χ1v) is 12.7. The quantitative estimate of drug-likeness (QED) is 0.154. The Morgan fingerprint density at radius 1 is 1.11 bits per heavy atom. The molecule has 0 aliphatic carbocycles. The predicted octanol–water partition coefficient (Wildman–Crippen LogP) is -2.63. The molecule has 0 amide bonds. The molecule has 206 valence electrons. The molecule has 0 saturated carbocycles. The zero-order valence-corrected chi connectivity index (χ0v) is 20.3. The van der Waals surface area contributed by atoms with Crippen LogP contribution in [0.3, 0.4) is 0 Å². The van der Waals surface area contributed by atoms with Gasteiger partial charge in [-0.15, -0.1) is 0 Å². The molecule has 20 heteroatoms. The van der Waals surface area contributed by atoms with Crippen LogP contribution in [0.5, 0.6) is 0 Å². The first-order valence-electron chi connectivity index (χ1n) is 11.2. The summed E-state index contributed by atoms with van der Waals surface area (Å²) in [4.78, 5) is 51.9. The molecular formula is C18H24N9O10P. The number of anilines is 2. The van der Waals surface area contributed by atoms with Gasteiger partial charge in [0.05, 0.1) is 25.6 Å². The normalized spacial score (nSPS) is 29.1. The number of aliphatic hydroxyl groups is 2. The van der Waals surface area contributed by atoms with Gasteiger partial charge in [0.25, 0.3) is 5.56 Å². The predicted molar refractivity (Wildman–Crippen MR) is 124 cm³/mol. The fraction of sp³-hybridized carbons (Fsp3) is 0.556. The van der Waals surface area contributed by atoms with E-state index in [0.717, 1.165) is 10.9 Å². The van der Waals surface area contributed by atoms with Crippen LogP contribution in [0.4, 0.5) is 11.9 Å². The molecule has 5 heterocycles. The van der Waals surface area contributed by atoms with Gasteiger partial charge in [-0.3, -0.25) is 28.0 Å². The molecule has 0 aromatic carbocycles. The molecule has 3 aromatic rings. The zero-order valence-electron chi connectivity index (χ0n) is 19.4. The van der Waals surface area contributed by atoms with Crippen molar-refractivity contribution in [2.24, 2.45) is 0 Å². The lowest BCUT2D eigenvalue weighted by atomic mass is 10.2. The number of ether oxygens (including phenoxy) is 2. The number of phosphoric acid groups is 1. The van der Waals surface area contributed by atoms with Crippen molar-refractivity contribution < 1.29 is 38.2 Å². The first kappa shape index (κ1) is 26.3. The second-order valence-corrected chi connectivity index (χ2v) is 9.97. The summed E-state index contributed by atoms with van der Waals surface area (Å²) in [6, 6.07) is 0. The molecule has 7 atom stereocenters. The van der Waals surface area contributed by atoms with Crippen molar-refractivity contribution >= 4 is 30.9 Å². The van der Waals surface area contributed by atoms with Crippen LogP contribution in [0.2, 0.25) is 0 Å². The Kier molecular flexibility index (Phi) is 7.01. The monoisotopic (exact) mass is 557 g/mol. The van der Waals surface area contributed by atoms with Crippen LogP contribution in [-0.2, 0) is 23.1 Å². The summed E-state index contributed by atoms with van der Waals surface area (Å²) in [5.74, 6) is -0.369. The lowest BCUT2D eigenvalue weighted by molar-refractivity contribution is -0.0565. The van der Waals surface area contributed by atoms with E-state index >= 15 is 0 Å². The number of nitrogens with one attached hydrogen (secondary N) is 1. The van der Waals surface area contributed by atoms with Crippen LogP contribution in [0, 0.1) is 0 Å². The van der Waals surface area contributed by atoms with E-state index in [1.54, 1.807) is 0 Å². The number of nitrogen functional groups attached to an aromatic ring is 2. The fourth-order valence-corrected chi connectivity index (χ4v) is 5.22. The number of H-pyrrole nitrogens is 1. The standard InChI is InChI=1S/C18H24N9O10P/c19-16-22-6-27(18(31)25-16)12-2-8(9(3-28)35-12)37-38(32,33)34-4-10-7(29)1-11(36-10)26-5-21-13-14(26)23-17(20)24-15(13)30/h5-12,28-29H,1-4H2,(H,32,33)(H2,19,25,31)(H3,20,23,24,30)/t7-,8?,9-,10-,11-,12-/m1/s1. The van der Waals surface area contributed by atoms with Gasteiger partial charge in [0.1, 0.15) is 37.1 Å². The average Bonchev–Trinajstić information content (AvgIpc) is 3.54. The molecule has 0 spiro atoms. The van der Waals surface area contributed by atoms with E-state index in [2.05, 4.69) is 24.9 Å². The maximum atomic E-state index is 12.7. The Balaban J connectivity index is 1.22. The molecule has 0 bridgehead atoms. The minimum atomic E-state index is -4.76. The minimum Gasteiger partial charge on any atom is -0.394 e. The van der Waals surface area contributed by atoms with Gasteiger partial charge >= 0.3 is 13.5 Å². The average molecular weight is 557 g/mol. The Morgan fingerprint density at radius 2 is 1.82 bits per heavy atom. The third-order valence-electron chi connectivity index (χ3n) is 6.05. The Hall–Kier alpha value is -3.29. The zero-order chi connectivity index (χ0) is 27.2. The van der Waals surface area contributed by atoms with Gasteiger partial charge in [0.2, 0.25) is 11.9 Å². The molecule has 19 nitrogen and oxygen atoms in total. The third kappa shape index (κ3) is 5.18. The number of aliphatic hydroxyl groups excluding tert-OH is 2. The molecule has 2 fully saturated rings. The first-order chi connectivity index (χ1) is 18.0. The Bertz CT molecular complexity index is 1490. The van der Waals surface area contributed by atoms with Crippen molar-refractivity contribution in [3.8, 4) is 0 Å². The van der Waals surface area contributed by atoms with Crippen molar-refractivity contribution in [2.45, 2.75) is 49.7 Å². The van der Waals surface area contributed by atoms with Crippen LogP contribution in [0.1, 0.15) is 25.3 Å². The van der Waals surface area contributed by atoms with E-state index in [4.69, 9.17) is 30.0 Å². The molecule has 2 saturated heterocycles. The molecule has 5 rings (SSSR count). The van der Waals surface area contributed by atoms with Crippen LogP contribution in [-0.4, -0.2) is 86.8 Å². The van der Waals surface area contributed by atoms with E-state index in [0.29, 0.717) is 0 Å². The number of hydrogen-bond acceptors (Lipinski definition) is 15. The highest BCUT2D eigenvalue weighted by atomic mass is 31.2. The highest BCUT2D eigenvalue weighted by Crippen LogP contribution is 2.49. The number of hydrogen-bond donors (Lipinski definition) is 6. The van der Waals surface area contributed by atoms with E-state index in [1.807, 2.05) is 0 Å². The lowest BCUT2D eigenvalue weighted by Crippen LogP contribution is -2.29. The summed E-state index contributed by atoms with van der Waals surface area (Å²) >= 11 is 0. The van der Waals surface area contributed by atoms with Gasteiger partial charge in [-0.25, -0.2) is 19.3 Å². The molecule has 2 aliphatic rings. The molecule has 38 heavy (non-hydrogen) atoms. The second-order valence-electron chi connectivity index (χ2n) is 8.57. The largest absolute Gasteiger partial charge is 0.472 e. The molecular weight excluding hydrogens is 533 g/mol. The Labute approximate surface area is 211 Å². The van der Waals surface area contributed by atoms with Crippen molar-refractivity contribution in [3.63, 3.8) is 0 Å². The highest BCUT2D eigenvalue weighted by molar-refractivity contribution is 7.47. The summed E-state index contributed by atoms with van der Waals surface area (Å²) < 4.78 is 36.6. The van der Waals surface area contributed by atoms with Crippen LogP contribution in [0.25, 0.3) is 11.2 Å². The van der Waals surface area contributed by atoms with Crippen LogP contribution in [0.15, 0.2) is 22.2 Å². The van der Waals surface area contributed by atoms with Crippen molar-refractivity contribution in [1.29, 1.82) is 0 Å². The van der Waals surface area contributed by atoms with Gasteiger partial charge in [-0.2, -0.15) is 9.97 Å². The summed E-state index contributed by atoms with van der Waals surface area (Å²) in [5.41, 5.74) is 9.82. The molecule has 0 radical (unpaired) electrons. The van der Waals surface area contributed by atoms with E-state index < -0.39 is 69.2 Å². The Morgan fingerprint density at radius 3 is 2.55 bits per heavy atom. The van der Waals surface area contributed by atoms with Crippen molar-refractivity contribution in [2.75, 3.05) is 24.7 Å². The summed E-state index contributed by atoms with van der Waals surface area (Å²) in [6.07, 6.45) is -3.86. The number of imidazole rings is 1. The summed E-state index contributed by atoms with van der Waals surface area (Å²) in [6.45, 7) is -1.13. The number of aromatic amines is 1. The molecule has 2 unspecified atom stereocenters. The fourth-order valence-electron chi connectivity index (χ4n) is 4.26.